The third kappa shape index (κ3) is 4.87. The molecule has 1 amide bonds. The molecule has 0 aliphatic carbocycles. The molecule has 1 fully saturated rings. The number of benzene rings is 1. The standard InChI is InChI=1S/C17H14BrF3N2O3/c18-12-4-5-15(22-9-12)25-14-6-7-23(10-14)16(24)11-2-1-3-13(8-11)26-17(19,20)21/h1-5,8-9,14H,6-7,10H2/t14-/m0/s1. The quantitative estimate of drug-likeness (QED) is 0.734. The first kappa shape index (κ1) is 18.5. The van der Waals surface area contributed by atoms with Gasteiger partial charge in [-0.05, 0) is 40.2 Å². The van der Waals surface area contributed by atoms with Crippen molar-refractivity contribution < 1.29 is 27.4 Å². The van der Waals surface area contributed by atoms with Crippen LogP contribution in [0.3, 0.4) is 0 Å². The predicted molar refractivity (Wildman–Crippen MR) is 90.0 cm³/mol. The summed E-state index contributed by atoms with van der Waals surface area (Å²) in [4.78, 5) is 18.2. The molecule has 138 valence electrons. The monoisotopic (exact) mass is 430 g/mol. The summed E-state index contributed by atoms with van der Waals surface area (Å²) in [6.45, 7) is 0.783. The number of pyridine rings is 1. The molecule has 2 heterocycles. The van der Waals surface area contributed by atoms with E-state index >= 15 is 0 Å². The fraction of sp³-hybridized carbons (Fsp3) is 0.294. The third-order valence-corrected chi connectivity index (χ3v) is 4.20. The first-order valence-electron chi connectivity index (χ1n) is 7.73. The molecule has 1 aliphatic rings. The van der Waals surface area contributed by atoms with Gasteiger partial charge in [-0.3, -0.25) is 4.79 Å². The van der Waals surface area contributed by atoms with Crippen LogP contribution in [0.15, 0.2) is 47.1 Å². The summed E-state index contributed by atoms with van der Waals surface area (Å²) in [7, 11) is 0. The lowest BCUT2D eigenvalue weighted by Gasteiger charge is -2.17. The van der Waals surface area contributed by atoms with Crippen LogP contribution < -0.4 is 9.47 Å². The molecule has 2 aromatic rings. The Labute approximate surface area is 155 Å². The molecular weight excluding hydrogens is 417 g/mol. The minimum atomic E-state index is -4.80. The van der Waals surface area contributed by atoms with E-state index in [0.717, 1.165) is 16.6 Å². The minimum Gasteiger partial charge on any atom is -0.472 e. The Morgan fingerprint density at radius 3 is 2.77 bits per heavy atom. The van der Waals surface area contributed by atoms with E-state index in [2.05, 4.69) is 25.7 Å². The Hall–Kier alpha value is -2.29. The van der Waals surface area contributed by atoms with Gasteiger partial charge >= 0.3 is 6.36 Å². The van der Waals surface area contributed by atoms with Gasteiger partial charge in [-0.25, -0.2) is 4.98 Å². The molecule has 1 saturated heterocycles. The maximum Gasteiger partial charge on any atom is 0.573 e. The Kier molecular flexibility index (Phi) is 5.36. The van der Waals surface area contributed by atoms with Crippen molar-refractivity contribution in [3.8, 4) is 11.6 Å². The van der Waals surface area contributed by atoms with E-state index in [-0.39, 0.29) is 17.6 Å². The van der Waals surface area contributed by atoms with Gasteiger partial charge in [-0.2, -0.15) is 0 Å². The van der Waals surface area contributed by atoms with E-state index in [0.29, 0.717) is 25.4 Å². The van der Waals surface area contributed by atoms with Crippen molar-refractivity contribution in [2.75, 3.05) is 13.1 Å². The van der Waals surface area contributed by atoms with E-state index < -0.39 is 12.1 Å². The number of ether oxygens (including phenoxy) is 2. The van der Waals surface area contributed by atoms with Gasteiger partial charge in [0.25, 0.3) is 5.91 Å². The minimum absolute atomic E-state index is 0.133. The lowest BCUT2D eigenvalue weighted by Crippen LogP contribution is -2.31. The summed E-state index contributed by atoms with van der Waals surface area (Å²) >= 11 is 3.28. The van der Waals surface area contributed by atoms with Crippen molar-refractivity contribution >= 4 is 21.8 Å². The summed E-state index contributed by atoms with van der Waals surface area (Å²) in [5.74, 6) is -0.338. The van der Waals surface area contributed by atoms with E-state index in [9.17, 15) is 18.0 Å². The van der Waals surface area contributed by atoms with Crippen LogP contribution in [-0.2, 0) is 0 Å². The van der Waals surface area contributed by atoms with Gasteiger partial charge < -0.3 is 14.4 Å². The number of hydrogen-bond donors (Lipinski definition) is 0. The van der Waals surface area contributed by atoms with Crippen molar-refractivity contribution in [1.29, 1.82) is 0 Å². The fourth-order valence-electron chi connectivity index (χ4n) is 2.62. The summed E-state index contributed by atoms with van der Waals surface area (Å²) in [5.41, 5.74) is 0.133. The van der Waals surface area contributed by atoms with Crippen LogP contribution in [-0.4, -0.2) is 41.3 Å². The molecule has 1 aromatic heterocycles. The van der Waals surface area contributed by atoms with Crippen molar-refractivity contribution in [3.05, 3.63) is 52.6 Å². The first-order chi connectivity index (χ1) is 12.3. The SMILES string of the molecule is O=C(c1cccc(OC(F)(F)F)c1)N1CC[C@H](Oc2ccc(Br)cn2)C1. The Bertz CT molecular complexity index is 784. The van der Waals surface area contributed by atoms with Gasteiger partial charge in [0.1, 0.15) is 11.9 Å². The molecule has 5 nitrogen and oxygen atoms in total. The summed E-state index contributed by atoms with van der Waals surface area (Å²) in [6.07, 6.45) is -2.80. The number of rotatable bonds is 4. The average molecular weight is 431 g/mol. The zero-order valence-corrected chi connectivity index (χ0v) is 15.0. The van der Waals surface area contributed by atoms with E-state index in [1.807, 2.05) is 0 Å². The molecule has 0 spiro atoms. The molecule has 0 radical (unpaired) electrons. The Morgan fingerprint density at radius 1 is 1.27 bits per heavy atom. The lowest BCUT2D eigenvalue weighted by atomic mass is 10.2. The summed E-state index contributed by atoms with van der Waals surface area (Å²) in [5, 5.41) is 0. The highest BCUT2D eigenvalue weighted by Gasteiger charge is 2.32. The molecule has 0 unspecified atom stereocenters. The predicted octanol–water partition coefficient (Wildman–Crippen LogP) is 4.04. The highest BCUT2D eigenvalue weighted by atomic mass is 79.9. The number of carbonyl (C=O) groups is 1. The van der Waals surface area contributed by atoms with Crippen molar-refractivity contribution in [2.45, 2.75) is 18.9 Å². The zero-order valence-electron chi connectivity index (χ0n) is 13.4. The second kappa shape index (κ2) is 7.53. The molecule has 0 bridgehead atoms. The number of nitrogens with zero attached hydrogens (tertiary/aromatic N) is 2. The van der Waals surface area contributed by atoms with Crippen LogP contribution in [0.5, 0.6) is 11.6 Å². The second-order valence-electron chi connectivity index (χ2n) is 5.67. The highest BCUT2D eigenvalue weighted by Crippen LogP contribution is 2.25. The fourth-order valence-corrected chi connectivity index (χ4v) is 2.85. The summed E-state index contributed by atoms with van der Waals surface area (Å²) < 4.78 is 47.4. The first-order valence-corrected chi connectivity index (χ1v) is 8.53. The lowest BCUT2D eigenvalue weighted by molar-refractivity contribution is -0.274. The van der Waals surface area contributed by atoms with Gasteiger partial charge in [-0.1, -0.05) is 6.07 Å². The highest BCUT2D eigenvalue weighted by molar-refractivity contribution is 9.10. The van der Waals surface area contributed by atoms with E-state index in [4.69, 9.17) is 4.74 Å². The molecule has 1 aliphatic heterocycles. The average Bonchev–Trinajstić information content (AvgIpc) is 3.03. The van der Waals surface area contributed by atoms with Gasteiger partial charge in [0.05, 0.1) is 6.54 Å². The van der Waals surface area contributed by atoms with Crippen molar-refractivity contribution in [3.63, 3.8) is 0 Å². The molecule has 3 rings (SSSR count). The van der Waals surface area contributed by atoms with Crippen LogP contribution >= 0.6 is 15.9 Å². The number of hydrogen-bond acceptors (Lipinski definition) is 4. The normalized spacial score (nSPS) is 17.2. The number of halogens is 4. The topological polar surface area (TPSA) is 51.7 Å². The zero-order chi connectivity index (χ0) is 18.7. The van der Waals surface area contributed by atoms with Gasteiger partial charge in [0.15, 0.2) is 0 Å². The smallest absolute Gasteiger partial charge is 0.472 e. The number of carbonyl (C=O) groups excluding carboxylic acids is 1. The molecular formula is C17H14BrF3N2O3. The largest absolute Gasteiger partial charge is 0.573 e. The van der Waals surface area contributed by atoms with Crippen LogP contribution in [0.2, 0.25) is 0 Å². The molecule has 1 aromatic carbocycles. The van der Waals surface area contributed by atoms with Crippen LogP contribution in [0.25, 0.3) is 0 Å². The molecule has 0 saturated carbocycles. The Morgan fingerprint density at radius 2 is 2.08 bits per heavy atom. The van der Waals surface area contributed by atoms with Crippen LogP contribution in [0, 0.1) is 0 Å². The van der Waals surface area contributed by atoms with Gasteiger partial charge in [0.2, 0.25) is 5.88 Å². The van der Waals surface area contributed by atoms with Gasteiger partial charge in [0, 0.05) is 35.3 Å². The van der Waals surface area contributed by atoms with Crippen molar-refractivity contribution in [2.24, 2.45) is 0 Å². The summed E-state index contributed by atoms with van der Waals surface area (Å²) in [6, 6.07) is 8.55. The maximum absolute atomic E-state index is 12.5. The van der Waals surface area contributed by atoms with Crippen molar-refractivity contribution in [1.82, 2.24) is 9.88 Å². The maximum atomic E-state index is 12.5. The number of likely N-dealkylation sites (tertiary alicyclic amines) is 1. The third-order valence-electron chi connectivity index (χ3n) is 3.73. The number of aromatic nitrogens is 1. The van der Waals surface area contributed by atoms with Gasteiger partial charge in [-0.15, -0.1) is 13.2 Å². The molecule has 0 N–H and O–H groups in total. The van der Waals surface area contributed by atoms with Crippen LogP contribution in [0.4, 0.5) is 13.2 Å². The van der Waals surface area contributed by atoms with E-state index in [1.165, 1.54) is 17.0 Å². The van der Waals surface area contributed by atoms with Crippen LogP contribution in [0.1, 0.15) is 16.8 Å². The second-order valence-corrected chi connectivity index (χ2v) is 6.59. The molecule has 9 heteroatoms. The Balaban J connectivity index is 1.62. The molecule has 26 heavy (non-hydrogen) atoms. The molecule has 1 atom stereocenters. The number of alkyl halides is 3. The number of amides is 1. The van der Waals surface area contributed by atoms with E-state index in [1.54, 1.807) is 18.3 Å².